The Morgan fingerprint density at radius 1 is 1.79 bits per heavy atom. The fourth-order valence-electron chi connectivity index (χ4n) is 1.47. The maximum absolute atomic E-state index is 11.7. The molecule has 1 aromatic heterocycles. The number of rotatable bonds is 1. The van der Waals surface area contributed by atoms with Gasteiger partial charge in [0.25, 0.3) is 5.91 Å². The molecule has 2 rings (SSSR count). The number of nitrogens with two attached hydrogens (primary N) is 1. The second-order valence-corrected chi connectivity index (χ2v) is 4.15. The van der Waals surface area contributed by atoms with E-state index in [0.717, 1.165) is 0 Å². The lowest BCUT2D eigenvalue weighted by Gasteiger charge is -2.13. The van der Waals surface area contributed by atoms with Crippen molar-refractivity contribution in [3.63, 3.8) is 0 Å². The zero-order chi connectivity index (χ0) is 10.1. The minimum Gasteiger partial charge on any atom is -0.391 e. The SMILES string of the molecule is Nc1nc(C(=O)N2CC[C@H](O)C2)cs1. The van der Waals surface area contributed by atoms with Crippen LogP contribution in [0.4, 0.5) is 5.13 Å². The molecule has 0 unspecified atom stereocenters. The molecule has 0 radical (unpaired) electrons. The number of β-amino-alcohol motifs (C(OH)–C–C–N with tert-alkyl or cyclic N) is 1. The third-order valence-electron chi connectivity index (χ3n) is 2.19. The van der Waals surface area contributed by atoms with E-state index in [9.17, 15) is 9.90 Å². The van der Waals surface area contributed by atoms with E-state index in [0.29, 0.717) is 30.3 Å². The van der Waals surface area contributed by atoms with E-state index in [-0.39, 0.29) is 5.91 Å². The second-order valence-electron chi connectivity index (χ2n) is 3.26. The summed E-state index contributed by atoms with van der Waals surface area (Å²) in [7, 11) is 0. The number of amides is 1. The van der Waals surface area contributed by atoms with Crippen LogP contribution < -0.4 is 5.73 Å². The maximum Gasteiger partial charge on any atom is 0.273 e. The number of aliphatic hydroxyl groups excluding tert-OH is 1. The largest absolute Gasteiger partial charge is 0.391 e. The number of aliphatic hydroxyl groups is 1. The summed E-state index contributed by atoms with van der Waals surface area (Å²) in [4.78, 5) is 17.2. The van der Waals surface area contributed by atoms with Crippen molar-refractivity contribution in [1.82, 2.24) is 9.88 Å². The number of hydrogen-bond donors (Lipinski definition) is 2. The average Bonchev–Trinajstić information content (AvgIpc) is 2.73. The molecule has 1 aliphatic heterocycles. The Kier molecular flexibility index (Phi) is 2.39. The highest BCUT2D eigenvalue weighted by atomic mass is 32.1. The lowest BCUT2D eigenvalue weighted by molar-refractivity contribution is 0.0760. The molecule has 3 N–H and O–H groups in total. The van der Waals surface area contributed by atoms with Gasteiger partial charge in [0.2, 0.25) is 0 Å². The lowest BCUT2D eigenvalue weighted by atomic mass is 10.3. The highest BCUT2D eigenvalue weighted by Crippen LogP contribution is 2.16. The molecule has 1 saturated heterocycles. The van der Waals surface area contributed by atoms with E-state index in [2.05, 4.69) is 4.98 Å². The van der Waals surface area contributed by atoms with Gasteiger partial charge in [0.15, 0.2) is 5.13 Å². The van der Waals surface area contributed by atoms with E-state index in [1.165, 1.54) is 11.3 Å². The van der Waals surface area contributed by atoms with Crippen LogP contribution in [0.15, 0.2) is 5.38 Å². The first kappa shape index (κ1) is 9.42. The number of carbonyl (C=O) groups is 1. The van der Waals surface area contributed by atoms with Gasteiger partial charge in [-0.1, -0.05) is 0 Å². The number of thiazole rings is 1. The Labute approximate surface area is 85.2 Å². The maximum atomic E-state index is 11.7. The van der Waals surface area contributed by atoms with Crippen LogP contribution in [-0.2, 0) is 0 Å². The molecule has 14 heavy (non-hydrogen) atoms. The first-order valence-electron chi connectivity index (χ1n) is 4.35. The van der Waals surface area contributed by atoms with Crippen molar-refractivity contribution in [3.05, 3.63) is 11.1 Å². The van der Waals surface area contributed by atoms with Crippen LogP contribution in [0.5, 0.6) is 0 Å². The van der Waals surface area contributed by atoms with Crippen LogP contribution in [0.3, 0.4) is 0 Å². The normalized spacial score (nSPS) is 21.5. The third-order valence-corrected chi connectivity index (χ3v) is 2.87. The standard InChI is InChI=1S/C8H11N3O2S/c9-8-10-6(4-14-8)7(13)11-2-1-5(12)3-11/h4-5,12H,1-3H2,(H2,9,10)/t5-/m0/s1. The fourth-order valence-corrected chi connectivity index (χ4v) is 2.01. The van der Waals surface area contributed by atoms with Gasteiger partial charge in [-0.05, 0) is 6.42 Å². The van der Waals surface area contributed by atoms with Crippen LogP contribution >= 0.6 is 11.3 Å². The summed E-state index contributed by atoms with van der Waals surface area (Å²) in [5.41, 5.74) is 5.81. The first-order chi connectivity index (χ1) is 6.66. The minimum absolute atomic E-state index is 0.144. The molecule has 1 aromatic rings. The van der Waals surface area contributed by atoms with Crippen LogP contribution in [-0.4, -0.2) is 40.1 Å². The molecule has 2 heterocycles. The summed E-state index contributed by atoms with van der Waals surface area (Å²) < 4.78 is 0. The Morgan fingerprint density at radius 2 is 2.57 bits per heavy atom. The Hall–Kier alpha value is -1.14. The van der Waals surface area contributed by atoms with Crippen molar-refractivity contribution >= 4 is 22.4 Å². The van der Waals surface area contributed by atoms with Crippen molar-refractivity contribution in [3.8, 4) is 0 Å². The summed E-state index contributed by atoms with van der Waals surface area (Å²) in [5.74, 6) is -0.144. The monoisotopic (exact) mass is 213 g/mol. The molecule has 0 aliphatic carbocycles. The van der Waals surface area contributed by atoms with Gasteiger partial charge in [-0.2, -0.15) is 0 Å². The molecule has 0 bridgehead atoms. The van der Waals surface area contributed by atoms with Crippen molar-refractivity contribution in [1.29, 1.82) is 0 Å². The molecule has 1 amide bonds. The molecular weight excluding hydrogens is 202 g/mol. The minimum atomic E-state index is -0.394. The number of aromatic nitrogens is 1. The Morgan fingerprint density at radius 3 is 3.07 bits per heavy atom. The molecule has 0 spiro atoms. The Balaban J connectivity index is 2.09. The third kappa shape index (κ3) is 1.71. The van der Waals surface area contributed by atoms with Gasteiger partial charge in [0.05, 0.1) is 6.10 Å². The predicted molar refractivity (Wildman–Crippen MR) is 53.1 cm³/mol. The summed E-state index contributed by atoms with van der Waals surface area (Å²) in [6, 6.07) is 0. The zero-order valence-electron chi connectivity index (χ0n) is 7.51. The fraction of sp³-hybridized carbons (Fsp3) is 0.500. The molecule has 0 aromatic carbocycles. The molecule has 1 aliphatic rings. The summed E-state index contributed by atoms with van der Waals surface area (Å²) >= 11 is 1.25. The van der Waals surface area contributed by atoms with Crippen molar-refractivity contribution < 1.29 is 9.90 Å². The van der Waals surface area contributed by atoms with Gasteiger partial charge < -0.3 is 15.7 Å². The topological polar surface area (TPSA) is 79.5 Å². The summed E-state index contributed by atoms with van der Waals surface area (Å²) in [6.45, 7) is 0.994. The highest BCUT2D eigenvalue weighted by Gasteiger charge is 2.26. The Bertz CT molecular complexity index is 352. The van der Waals surface area contributed by atoms with E-state index in [1.807, 2.05) is 0 Å². The number of nitrogens with zero attached hydrogens (tertiary/aromatic N) is 2. The van der Waals surface area contributed by atoms with Gasteiger partial charge >= 0.3 is 0 Å². The van der Waals surface area contributed by atoms with Crippen LogP contribution in [0.1, 0.15) is 16.9 Å². The molecule has 76 valence electrons. The van der Waals surface area contributed by atoms with Gasteiger partial charge in [-0.25, -0.2) is 4.98 Å². The number of carbonyl (C=O) groups excluding carboxylic acids is 1. The van der Waals surface area contributed by atoms with E-state index < -0.39 is 6.10 Å². The lowest BCUT2D eigenvalue weighted by Crippen LogP contribution is -2.29. The van der Waals surface area contributed by atoms with Gasteiger partial charge in [-0.15, -0.1) is 11.3 Å². The second kappa shape index (κ2) is 3.55. The molecule has 1 atom stereocenters. The van der Waals surface area contributed by atoms with Crippen molar-refractivity contribution in [2.75, 3.05) is 18.8 Å². The molecular formula is C8H11N3O2S. The molecule has 6 heteroatoms. The van der Waals surface area contributed by atoms with Gasteiger partial charge in [-0.3, -0.25) is 4.79 Å². The van der Waals surface area contributed by atoms with E-state index in [1.54, 1.807) is 10.3 Å². The van der Waals surface area contributed by atoms with Gasteiger partial charge in [0, 0.05) is 18.5 Å². The van der Waals surface area contributed by atoms with E-state index in [4.69, 9.17) is 5.73 Å². The molecule has 0 saturated carbocycles. The van der Waals surface area contributed by atoms with Gasteiger partial charge in [0.1, 0.15) is 5.69 Å². The summed E-state index contributed by atoms with van der Waals surface area (Å²) in [6.07, 6.45) is 0.251. The average molecular weight is 213 g/mol. The van der Waals surface area contributed by atoms with Crippen molar-refractivity contribution in [2.24, 2.45) is 0 Å². The smallest absolute Gasteiger partial charge is 0.273 e. The van der Waals surface area contributed by atoms with Crippen LogP contribution in [0.2, 0.25) is 0 Å². The molecule has 1 fully saturated rings. The number of hydrogen-bond acceptors (Lipinski definition) is 5. The number of nitrogen functional groups attached to an aromatic ring is 1. The predicted octanol–water partition coefficient (Wildman–Crippen LogP) is -0.0679. The van der Waals surface area contributed by atoms with Crippen molar-refractivity contribution in [2.45, 2.75) is 12.5 Å². The molecule has 5 nitrogen and oxygen atoms in total. The van der Waals surface area contributed by atoms with Crippen LogP contribution in [0.25, 0.3) is 0 Å². The number of anilines is 1. The number of likely N-dealkylation sites (tertiary alicyclic amines) is 1. The first-order valence-corrected chi connectivity index (χ1v) is 5.23. The summed E-state index contributed by atoms with van der Waals surface area (Å²) in [5, 5.41) is 11.3. The zero-order valence-corrected chi connectivity index (χ0v) is 8.33. The highest BCUT2D eigenvalue weighted by molar-refractivity contribution is 7.13. The van der Waals surface area contributed by atoms with E-state index >= 15 is 0 Å². The quantitative estimate of drug-likeness (QED) is 0.684. The van der Waals surface area contributed by atoms with Crippen LogP contribution in [0, 0.1) is 0 Å².